The van der Waals surface area contributed by atoms with Gasteiger partial charge in [0.15, 0.2) is 0 Å². The van der Waals surface area contributed by atoms with Crippen LogP contribution in [0.25, 0.3) is 0 Å². The predicted octanol–water partition coefficient (Wildman–Crippen LogP) is 1.42. The fraction of sp³-hybridized carbons (Fsp3) is 0.533. The van der Waals surface area contributed by atoms with Gasteiger partial charge in [0.1, 0.15) is 0 Å². The van der Waals surface area contributed by atoms with E-state index in [1.165, 1.54) is 17.5 Å². The molecule has 1 aromatic rings. The summed E-state index contributed by atoms with van der Waals surface area (Å²) in [6, 6.07) is 8.80. The van der Waals surface area contributed by atoms with Crippen molar-refractivity contribution in [3.8, 4) is 0 Å². The van der Waals surface area contributed by atoms with Crippen molar-refractivity contribution in [2.75, 3.05) is 26.8 Å². The van der Waals surface area contributed by atoms with Gasteiger partial charge in [0.25, 0.3) is 0 Å². The van der Waals surface area contributed by atoms with E-state index in [0.29, 0.717) is 25.7 Å². The molecular weight excluding hydrogens is 240 g/mol. The number of methoxy groups -OCH3 is 1. The van der Waals surface area contributed by atoms with Crippen LogP contribution < -0.4 is 10.6 Å². The molecule has 2 N–H and O–H groups in total. The third-order valence-electron chi connectivity index (χ3n) is 3.51. The lowest BCUT2D eigenvalue weighted by Crippen LogP contribution is -2.37. The Hall–Kier alpha value is -1.39. The van der Waals surface area contributed by atoms with Crippen LogP contribution in [-0.2, 0) is 16.0 Å². The predicted molar refractivity (Wildman–Crippen MR) is 75.0 cm³/mol. The zero-order valence-electron chi connectivity index (χ0n) is 11.4. The second kappa shape index (κ2) is 7.26. The van der Waals surface area contributed by atoms with E-state index < -0.39 is 0 Å². The molecule has 0 fully saturated rings. The van der Waals surface area contributed by atoms with E-state index in [1.54, 1.807) is 7.11 Å². The molecular formula is C15H22N2O2. The molecule has 0 aromatic heterocycles. The Morgan fingerprint density at radius 2 is 2.26 bits per heavy atom. The third-order valence-corrected chi connectivity index (χ3v) is 3.51. The molecule has 104 valence electrons. The fourth-order valence-corrected chi connectivity index (χ4v) is 2.54. The quantitative estimate of drug-likeness (QED) is 0.762. The number of nitrogens with one attached hydrogen (secondary N) is 2. The first-order valence-electron chi connectivity index (χ1n) is 6.88. The smallest absolute Gasteiger partial charge is 0.234 e. The van der Waals surface area contributed by atoms with Crippen molar-refractivity contribution in [1.29, 1.82) is 0 Å². The van der Waals surface area contributed by atoms with Crippen LogP contribution in [-0.4, -0.2) is 32.7 Å². The molecule has 4 nitrogen and oxygen atoms in total. The van der Waals surface area contributed by atoms with Gasteiger partial charge >= 0.3 is 0 Å². The number of aryl methyl sites for hydroxylation is 1. The van der Waals surface area contributed by atoms with Crippen molar-refractivity contribution in [3.63, 3.8) is 0 Å². The largest absolute Gasteiger partial charge is 0.383 e. The monoisotopic (exact) mass is 262 g/mol. The molecule has 0 saturated carbocycles. The molecule has 1 amide bonds. The van der Waals surface area contributed by atoms with Gasteiger partial charge in [0, 0.05) is 19.7 Å². The minimum atomic E-state index is 0.0279. The Morgan fingerprint density at radius 1 is 1.42 bits per heavy atom. The van der Waals surface area contributed by atoms with Crippen LogP contribution in [0.1, 0.15) is 30.0 Å². The van der Waals surface area contributed by atoms with Crippen LogP contribution >= 0.6 is 0 Å². The molecule has 0 bridgehead atoms. The summed E-state index contributed by atoms with van der Waals surface area (Å²) in [6.07, 6.45) is 3.43. The van der Waals surface area contributed by atoms with Gasteiger partial charge in [-0.1, -0.05) is 24.3 Å². The summed E-state index contributed by atoms with van der Waals surface area (Å²) in [5.74, 6) is 0.0279. The number of benzene rings is 1. The van der Waals surface area contributed by atoms with Crippen molar-refractivity contribution >= 4 is 5.91 Å². The maximum atomic E-state index is 11.6. The van der Waals surface area contributed by atoms with E-state index in [4.69, 9.17) is 4.74 Å². The minimum Gasteiger partial charge on any atom is -0.383 e. The average molecular weight is 262 g/mol. The fourth-order valence-electron chi connectivity index (χ4n) is 2.54. The van der Waals surface area contributed by atoms with E-state index in [2.05, 4.69) is 34.9 Å². The summed E-state index contributed by atoms with van der Waals surface area (Å²) in [7, 11) is 1.63. The number of hydrogen-bond acceptors (Lipinski definition) is 3. The van der Waals surface area contributed by atoms with E-state index in [9.17, 15) is 4.79 Å². The van der Waals surface area contributed by atoms with Gasteiger partial charge in [-0.05, 0) is 30.4 Å². The van der Waals surface area contributed by atoms with Crippen LogP contribution in [0.2, 0.25) is 0 Å². The summed E-state index contributed by atoms with van der Waals surface area (Å²) in [5.41, 5.74) is 2.75. The van der Waals surface area contributed by atoms with Gasteiger partial charge in [-0.25, -0.2) is 0 Å². The van der Waals surface area contributed by atoms with Crippen molar-refractivity contribution in [1.82, 2.24) is 10.6 Å². The highest BCUT2D eigenvalue weighted by atomic mass is 16.5. The van der Waals surface area contributed by atoms with Crippen LogP contribution in [0.4, 0.5) is 0 Å². The average Bonchev–Trinajstić information content (AvgIpc) is 2.45. The van der Waals surface area contributed by atoms with Crippen molar-refractivity contribution in [2.45, 2.75) is 25.3 Å². The molecule has 0 spiro atoms. The highest BCUT2D eigenvalue weighted by Crippen LogP contribution is 2.28. The summed E-state index contributed by atoms with van der Waals surface area (Å²) in [4.78, 5) is 11.6. The second-order valence-electron chi connectivity index (χ2n) is 4.87. The number of amides is 1. The molecule has 1 unspecified atom stereocenters. The van der Waals surface area contributed by atoms with Gasteiger partial charge in [0.05, 0.1) is 13.2 Å². The number of hydrogen-bond donors (Lipinski definition) is 2. The second-order valence-corrected chi connectivity index (χ2v) is 4.87. The number of carbonyl (C=O) groups excluding carboxylic acids is 1. The Morgan fingerprint density at radius 3 is 3.11 bits per heavy atom. The van der Waals surface area contributed by atoms with E-state index in [1.807, 2.05) is 0 Å². The summed E-state index contributed by atoms with van der Waals surface area (Å²) in [6.45, 7) is 1.49. The number of ether oxygens (including phenoxy) is 1. The van der Waals surface area contributed by atoms with Gasteiger partial charge < -0.3 is 15.4 Å². The number of fused-ring (bicyclic) bond motifs is 1. The SMILES string of the molecule is COCCNC(=O)CNC1CCCc2ccccc21. The van der Waals surface area contributed by atoms with Gasteiger partial charge in [0.2, 0.25) is 5.91 Å². The highest BCUT2D eigenvalue weighted by molar-refractivity contribution is 5.78. The number of rotatable bonds is 6. The van der Waals surface area contributed by atoms with E-state index in [0.717, 1.165) is 12.8 Å². The molecule has 1 aliphatic carbocycles. The van der Waals surface area contributed by atoms with Gasteiger partial charge in [-0.15, -0.1) is 0 Å². The molecule has 1 aliphatic rings. The van der Waals surface area contributed by atoms with Crippen LogP contribution in [0, 0.1) is 0 Å². The molecule has 1 atom stereocenters. The lowest BCUT2D eigenvalue weighted by molar-refractivity contribution is -0.120. The summed E-state index contributed by atoms with van der Waals surface area (Å²) < 4.78 is 4.90. The standard InChI is InChI=1S/C15H22N2O2/c1-19-10-9-16-15(18)11-17-14-8-4-6-12-5-2-3-7-13(12)14/h2-3,5,7,14,17H,4,6,8-11H2,1H3,(H,16,18). The zero-order chi connectivity index (χ0) is 13.5. The van der Waals surface area contributed by atoms with Crippen LogP contribution in [0.5, 0.6) is 0 Å². The lowest BCUT2D eigenvalue weighted by Gasteiger charge is -2.26. The maximum Gasteiger partial charge on any atom is 0.234 e. The Bertz CT molecular complexity index is 420. The van der Waals surface area contributed by atoms with E-state index in [-0.39, 0.29) is 5.91 Å². The molecule has 0 radical (unpaired) electrons. The maximum absolute atomic E-state index is 11.6. The first-order valence-corrected chi connectivity index (χ1v) is 6.88. The van der Waals surface area contributed by atoms with Crippen molar-refractivity contribution in [2.24, 2.45) is 0 Å². The van der Waals surface area contributed by atoms with Crippen molar-refractivity contribution in [3.05, 3.63) is 35.4 Å². The zero-order valence-corrected chi connectivity index (χ0v) is 11.4. The topological polar surface area (TPSA) is 50.4 Å². The normalized spacial score (nSPS) is 17.8. The molecule has 19 heavy (non-hydrogen) atoms. The Balaban J connectivity index is 1.82. The molecule has 0 heterocycles. The van der Waals surface area contributed by atoms with Crippen LogP contribution in [0.15, 0.2) is 24.3 Å². The number of carbonyl (C=O) groups is 1. The molecule has 2 rings (SSSR count). The van der Waals surface area contributed by atoms with Gasteiger partial charge in [-0.3, -0.25) is 4.79 Å². The first kappa shape index (κ1) is 14.0. The minimum absolute atomic E-state index is 0.0279. The summed E-state index contributed by atoms with van der Waals surface area (Å²) >= 11 is 0. The van der Waals surface area contributed by atoms with Crippen molar-refractivity contribution < 1.29 is 9.53 Å². The molecule has 0 aliphatic heterocycles. The lowest BCUT2D eigenvalue weighted by atomic mass is 9.88. The van der Waals surface area contributed by atoms with E-state index >= 15 is 0 Å². The van der Waals surface area contributed by atoms with Gasteiger partial charge in [-0.2, -0.15) is 0 Å². The highest BCUT2D eigenvalue weighted by Gasteiger charge is 2.19. The van der Waals surface area contributed by atoms with Crippen LogP contribution in [0.3, 0.4) is 0 Å². The molecule has 4 heteroatoms. The molecule has 0 saturated heterocycles. The third kappa shape index (κ3) is 4.04. The summed E-state index contributed by atoms with van der Waals surface area (Å²) in [5, 5.41) is 6.17. The Labute approximate surface area is 114 Å². The molecule has 1 aromatic carbocycles. The Kier molecular flexibility index (Phi) is 5.36. The first-order chi connectivity index (χ1) is 9.31.